The minimum absolute atomic E-state index is 0.0477. The molecule has 8 nitrogen and oxygen atoms in total. The van der Waals surface area contributed by atoms with Gasteiger partial charge in [-0.25, -0.2) is 14.6 Å². The second kappa shape index (κ2) is 9.58. The number of hydrogen-bond donors (Lipinski definition) is 0. The Morgan fingerprint density at radius 2 is 1.89 bits per heavy atom. The van der Waals surface area contributed by atoms with Gasteiger partial charge >= 0.3 is 0 Å². The second-order valence-electron chi connectivity index (χ2n) is 8.60. The number of likely N-dealkylation sites (tertiary alicyclic amines) is 1. The molecule has 0 spiro atoms. The van der Waals surface area contributed by atoms with Gasteiger partial charge in [0.2, 0.25) is 5.91 Å². The zero-order chi connectivity index (χ0) is 23.6. The standard InChI is InChI=1S/C26H25N5O3S/c32-24(30-11-4-8-21(30)18-9-10-22-23(14-18)34-13-5-12-33-22)16-35-26-20-15-29-31(25(20)27-17-28-26)19-6-2-1-3-7-19/h1-3,6-7,9-10,14-15,17,21H,4-5,8,11-13,16H2/t21-/m1/s1. The summed E-state index contributed by atoms with van der Waals surface area (Å²) < 4.78 is 13.4. The maximum absolute atomic E-state index is 13.3. The van der Waals surface area contributed by atoms with Crippen molar-refractivity contribution >= 4 is 28.7 Å². The second-order valence-corrected chi connectivity index (χ2v) is 9.56. The highest BCUT2D eigenvalue weighted by atomic mass is 32.2. The normalized spacial score (nSPS) is 17.5. The van der Waals surface area contributed by atoms with Crippen molar-refractivity contribution in [2.75, 3.05) is 25.5 Å². The number of rotatable bonds is 5. The Labute approximate surface area is 207 Å². The van der Waals surface area contributed by atoms with E-state index in [4.69, 9.17) is 9.47 Å². The number of benzene rings is 2. The van der Waals surface area contributed by atoms with Gasteiger partial charge in [-0.15, -0.1) is 0 Å². The van der Waals surface area contributed by atoms with Crippen LogP contribution in [0.4, 0.5) is 0 Å². The first-order valence-corrected chi connectivity index (χ1v) is 12.8. The summed E-state index contributed by atoms with van der Waals surface area (Å²) in [6.45, 7) is 2.07. The van der Waals surface area contributed by atoms with Crippen LogP contribution >= 0.6 is 11.8 Å². The molecule has 0 unspecified atom stereocenters. The van der Waals surface area contributed by atoms with Crippen molar-refractivity contribution in [3.05, 3.63) is 66.6 Å². The Morgan fingerprint density at radius 1 is 1.03 bits per heavy atom. The molecule has 1 atom stereocenters. The third-order valence-electron chi connectivity index (χ3n) is 6.39. The molecule has 1 amide bonds. The SMILES string of the molecule is O=C(CSc1ncnc2c1cnn2-c1ccccc1)N1CCC[C@@H]1c1ccc2c(c1)OCCCO2. The smallest absolute Gasteiger partial charge is 0.233 e. The van der Waals surface area contributed by atoms with Crippen LogP contribution in [0.25, 0.3) is 16.7 Å². The largest absolute Gasteiger partial charge is 0.490 e. The lowest BCUT2D eigenvalue weighted by Crippen LogP contribution is -2.32. The van der Waals surface area contributed by atoms with Gasteiger partial charge in [-0.3, -0.25) is 4.79 Å². The number of aromatic nitrogens is 4. The average molecular weight is 488 g/mol. The van der Waals surface area contributed by atoms with Crippen molar-refractivity contribution in [2.24, 2.45) is 0 Å². The van der Waals surface area contributed by atoms with Crippen molar-refractivity contribution in [3.63, 3.8) is 0 Å². The van der Waals surface area contributed by atoms with Gasteiger partial charge in [-0.05, 0) is 42.7 Å². The summed E-state index contributed by atoms with van der Waals surface area (Å²) >= 11 is 1.44. The number of fused-ring (bicyclic) bond motifs is 2. The van der Waals surface area contributed by atoms with E-state index in [0.29, 0.717) is 19.0 Å². The van der Waals surface area contributed by atoms with E-state index in [9.17, 15) is 4.79 Å². The van der Waals surface area contributed by atoms with Crippen LogP contribution in [-0.4, -0.2) is 56.1 Å². The summed E-state index contributed by atoms with van der Waals surface area (Å²) in [4.78, 5) is 24.2. The van der Waals surface area contributed by atoms with Crippen LogP contribution in [0.2, 0.25) is 0 Å². The number of para-hydroxylation sites is 1. The fourth-order valence-electron chi connectivity index (χ4n) is 4.71. The number of amides is 1. The van der Waals surface area contributed by atoms with Crippen molar-refractivity contribution in [1.82, 2.24) is 24.6 Å². The van der Waals surface area contributed by atoms with E-state index < -0.39 is 0 Å². The molecule has 4 heterocycles. The van der Waals surface area contributed by atoms with E-state index in [1.807, 2.05) is 47.4 Å². The van der Waals surface area contributed by atoms with Gasteiger partial charge in [-0.1, -0.05) is 36.0 Å². The molecule has 9 heteroatoms. The highest BCUT2D eigenvalue weighted by molar-refractivity contribution is 8.00. The van der Waals surface area contributed by atoms with Gasteiger partial charge in [0.1, 0.15) is 11.4 Å². The fourth-order valence-corrected chi connectivity index (χ4v) is 5.55. The van der Waals surface area contributed by atoms with Crippen LogP contribution in [0.3, 0.4) is 0 Å². The molecule has 35 heavy (non-hydrogen) atoms. The molecule has 2 aromatic heterocycles. The number of ether oxygens (including phenoxy) is 2. The molecular weight excluding hydrogens is 462 g/mol. The van der Waals surface area contributed by atoms with Gasteiger partial charge in [0.05, 0.1) is 42.3 Å². The first-order chi connectivity index (χ1) is 17.3. The Morgan fingerprint density at radius 3 is 2.77 bits per heavy atom. The summed E-state index contributed by atoms with van der Waals surface area (Å²) in [7, 11) is 0. The topological polar surface area (TPSA) is 82.4 Å². The molecule has 1 fully saturated rings. The van der Waals surface area contributed by atoms with Crippen LogP contribution in [0.5, 0.6) is 11.5 Å². The zero-order valence-corrected chi connectivity index (χ0v) is 20.0. The van der Waals surface area contributed by atoms with Crippen molar-refractivity contribution in [3.8, 4) is 17.2 Å². The number of hydrogen-bond acceptors (Lipinski definition) is 7. The summed E-state index contributed by atoms with van der Waals surface area (Å²) in [5.41, 5.74) is 2.76. The Bertz CT molecular complexity index is 1360. The monoisotopic (exact) mass is 487 g/mol. The highest BCUT2D eigenvalue weighted by Gasteiger charge is 2.31. The quantitative estimate of drug-likeness (QED) is 0.304. The molecule has 2 aromatic carbocycles. The number of carbonyl (C=O) groups excluding carboxylic acids is 1. The van der Waals surface area contributed by atoms with Crippen molar-refractivity contribution < 1.29 is 14.3 Å². The molecule has 1 saturated heterocycles. The molecule has 0 aliphatic carbocycles. The third-order valence-corrected chi connectivity index (χ3v) is 7.38. The molecule has 4 aromatic rings. The highest BCUT2D eigenvalue weighted by Crippen LogP contribution is 2.38. The molecule has 0 saturated carbocycles. The Kier molecular flexibility index (Phi) is 5.99. The van der Waals surface area contributed by atoms with Crippen LogP contribution in [0.1, 0.15) is 30.9 Å². The van der Waals surface area contributed by atoms with E-state index in [1.165, 1.54) is 18.1 Å². The summed E-state index contributed by atoms with van der Waals surface area (Å²) in [6.07, 6.45) is 6.10. The molecule has 2 aliphatic rings. The van der Waals surface area contributed by atoms with Gasteiger partial charge in [0, 0.05) is 13.0 Å². The Balaban J connectivity index is 1.18. The summed E-state index contributed by atoms with van der Waals surface area (Å²) in [5, 5.41) is 6.11. The minimum Gasteiger partial charge on any atom is -0.490 e. The molecule has 6 rings (SSSR count). The van der Waals surface area contributed by atoms with Gasteiger partial charge < -0.3 is 14.4 Å². The van der Waals surface area contributed by atoms with Gasteiger partial charge in [0.25, 0.3) is 0 Å². The fraction of sp³-hybridized carbons (Fsp3) is 0.308. The first kappa shape index (κ1) is 21.9. The van der Waals surface area contributed by atoms with Gasteiger partial charge in [0.15, 0.2) is 17.1 Å². The maximum Gasteiger partial charge on any atom is 0.233 e. The molecule has 0 bridgehead atoms. The van der Waals surface area contributed by atoms with Gasteiger partial charge in [-0.2, -0.15) is 5.10 Å². The minimum atomic E-state index is 0.0477. The predicted octanol–water partition coefficient (Wildman–Crippen LogP) is 4.43. The van der Waals surface area contributed by atoms with Crippen LogP contribution in [0, 0.1) is 0 Å². The lowest BCUT2D eigenvalue weighted by molar-refractivity contribution is -0.129. The molecule has 178 valence electrons. The van der Waals surface area contributed by atoms with Crippen LogP contribution in [-0.2, 0) is 4.79 Å². The van der Waals surface area contributed by atoms with E-state index in [1.54, 1.807) is 10.9 Å². The summed E-state index contributed by atoms with van der Waals surface area (Å²) in [6, 6.07) is 16.0. The van der Waals surface area contributed by atoms with Crippen molar-refractivity contribution in [1.29, 1.82) is 0 Å². The van der Waals surface area contributed by atoms with Crippen molar-refractivity contribution in [2.45, 2.75) is 30.3 Å². The predicted molar refractivity (Wildman–Crippen MR) is 133 cm³/mol. The number of carbonyl (C=O) groups is 1. The lowest BCUT2D eigenvalue weighted by atomic mass is 10.0. The first-order valence-electron chi connectivity index (χ1n) is 11.8. The van der Waals surface area contributed by atoms with E-state index in [-0.39, 0.29) is 11.9 Å². The summed E-state index contributed by atoms with van der Waals surface area (Å²) in [5.74, 6) is 1.96. The lowest BCUT2D eigenvalue weighted by Gasteiger charge is -2.25. The maximum atomic E-state index is 13.3. The number of nitrogens with zero attached hydrogens (tertiary/aromatic N) is 5. The Hall–Kier alpha value is -3.59. The van der Waals surface area contributed by atoms with E-state index >= 15 is 0 Å². The van der Waals surface area contributed by atoms with E-state index in [2.05, 4.69) is 21.1 Å². The molecule has 0 N–H and O–H groups in total. The molecule has 2 aliphatic heterocycles. The molecule has 0 radical (unpaired) electrons. The average Bonchev–Trinajstić information content (AvgIpc) is 3.50. The number of thioether (sulfide) groups is 1. The third kappa shape index (κ3) is 4.32. The van der Waals surface area contributed by atoms with E-state index in [0.717, 1.165) is 64.6 Å². The van der Waals surface area contributed by atoms with Crippen LogP contribution < -0.4 is 9.47 Å². The molecular formula is C26H25N5O3S. The van der Waals surface area contributed by atoms with Crippen LogP contribution in [0.15, 0.2) is 66.1 Å². The zero-order valence-electron chi connectivity index (χ0n) is 19.2.